The number of carboxylic acid groups (broad SMARTS) is 1. The molecular weight excluding hydrogens is 456 g/mol. The van der Waals surface area contributed by atoms with Gasteiger partial charge in [-0.2, -0.15) is 0 Å². The number of aliphatic hydroxyl groups is 4. The minimum Gasteiger partial charge on any atom is -0.481 e. The summed E-state index contributed by atoms with van der Waals surface area (Å²) in [5.41, 5.74) is -1.50. The zero-order valence-electron chi connectivity index (χ0n) is 23.0. The van der Waals surface area contributed by atoms with E-state index in [9.17, 15) is 30.3 Å². The van der Waals surface area contributed by atoms with Gasteiger partial charge < -0.3 is 25.5 Å². The maximum atomic E-state index is 12.8. The number of aliphatic hydroxyl groups excluding tert-OH is 4. The van der Waals surface area contributed by atoms with Crippen molar-refractivity contribution in [2.45, 2.75) is 111 Å². The Morgan fingerprint density at radius 3 is 2.17 bits per heavy atom. The van der Waals surface area contributed by atoms with Crippen molar-refractivity contribution in [2.75, 3.05) is 6.61 Å². The van der Waals surface area contributed by atoms with Crippen molar-refractivity contribution < 1.29 is 30.3 Å². The molecule has 0 spiro atoms. The highest BCUT2D eigenvalue weighted by atomic mass is 16.4. The molecule has 0 amide bonds. The molecule has 0 aromatic carbocycles. The van der Waals surface area contributed by atoms with Gasteiger partial charge in [-0.15, -0.1) is 0 Å². The molecule has 0 bridgehead atoms. The fourth-order valence-electron chi connectivity index (χ4n) is 10.8. The SMILES string of the molecule is CC1(C)CC[C@]2(C(=O)O)CC[C@]3(C)C(=CCC4[C@@]5(C)C[C@@H](O)[C@@H](O)[C@@](C)(CO)C5CC[C@]43C)C2[C@@H]1O. The Labute approximate surface area is 216 Å². The highest BCUT2D eigenvalue weighted by Gasteiger charge is 2.71. The average Bonchev–Trinajstić information content (AvgIpc) is 2.80. The average molecular weight is 505 g/mol. The first-order valence-electron chi connectivity index (χ1n) is 14.1. The predicted molar refractivity (Wildman–Crippen MR) is 137 cm³/mol. The van der Waals surface area contributed by atoms with Crippen LogP contribution in [0.15, 0.2) is 11.6 Å². The standard InChI is InChI=1S/C30H48O6/c1-25(2)11-13-30(24(35)36)14-12-28(5)17(21(30)23(25)34)7-8-20-26(3)15-18(32)22(33)27(4,16-31)19(26)9-10-29(20,28)6/h7,18-23,31-34H,8-16H2,1-6H3,(H,35,36)/t18-,19?,20?,21?,22-,23+,26+,27+,28-,29-,30+/m1/s1. The second-order valence-electron chi connectivity index (χ2n) is 15.0. The molecule has 0 heterocycles. The van der Waals surface area contributed by atoms with E-state index < -0.39 is 35.1 Å². The molecule has 4 saturated carbocycles. The lowest BCUT2D eigenvalue weighted by atomic mass is 9.33. The Kier molecular flexibility index (Phi) is 5.77. The van der Waals surface area contributed by atoms with Crippen LogP contribution in [0.25, 0.3) is 0 Å². The smallest absolute Gasteiger partial charge is 0.310 e. The minimum absolute atomic E-state index is 0.0888. The molecule has 4 fully saturated rings. The largest absolute Gasteiger partial charge is 0.481 e. The third-order valence-corrected chi connectivity index (χ3v) is 13.4. The van der Waals surface area contributed by atoms with E-state index in [-0.39, 0.29) is 46.0 Å². The van der Waals surface area contributed by atoms with Crippen LogP contribution in [0.1, 0.15) is 92.9 Å². The van der Waals surface area contributed by atoms with Gasteiger partial charge in [0.15, 0.2) is 0 Å². The van der Waals surface area contributed by atoms with E-state index in [4.69, 9.17) is 0 Å². The van der Waals surface area contributed by atoms with Crippen molar-refractivity contribution in [3.05, 3.63) is 11.6 Å². The molecule has 5 aliphatic carbocycles. The number of allylic oxidation sites excluding steroid dienone is 1. The van der Waals surface area contributed by atoms with Crippen molar-refractivity contribution in [2.24, 2.45) is 50.2 Å². The van der Waals surface area contributed by atoms with Crippen LogP contribution in [0.3, 0.4) is 0 Å². The molecular formula is C30H48O6. The zero-order chi connectivity index (χ0) is 26.7. The fourth-order valence-corrected chi connectivity index (χ4v) is 10.8. The molecule has 36 heavy (non-hydrogen) atoms. The molecule has 3 unspecified atom stereocenters. The van der Waals surface area contributed by atoms with Crippen LogP contribution in [0, 0.1) is 50.2 Å². The van der Waals surface area contributed by atoms with E-state index in [1.807, 2.05) is 6.92 Å². The number of hydrogen-bond donors (Lipinski definition) is 5. The molecule has 0 aromatic heterocycles. The van der Waals surface area contributed by atoms with E-state index in [1.54, 1.807) is 0 Å². The fraction of sp³-hybridized carbons (Fsp3) is 0.900. The van der Waals surface area contributed by atoms with Gasteiger partial charge in [0.25, 0.3) is 0 Å². The summed E-state index contributed by atoms with van der Waals surface area (Å²) in [7, 11) is 0. The Balaban J connectivity index is 1.63. The summed E-state index contributed by atoms with van der Waals surface area (Å²) in [5.74, 6) is -0.833. The van der Waals surface area contributed by atoms with Gasteiger partial charge in [-0.25, -0.2) is 0 Å². The van der Waals surface area contributed by atoms with Crippen molar-refractivity contribution in [1.29, 1.82) is 0 Å². The maximum absolute atomic E-state index is 12.8. The van der Waals surface area contributed by atoms with Gasteiger partial charge in [0, 0.05) is 11.3 Å². The highest BCUT2D eigenvalue weighted by molar-refractivity contribution is 5.77. The lowest BCUT2D eigenvalue weighted by molar-refractivity contribution is -0.245. The first-order chi connectivity index (χ1) is 16.5. The monoisotopic (exact) mass is 504 g/mol. The lowest BCUT2D eigenvalue weighted by Crippen LogP contribution is -2.69. The molecule has 5 rings (SSSR count). The number of carbonyl (C=O) groups is 1. The van der Waals surface area contributed by atoms with Crippen molar-refractivity contribution in [1.82, 2.24) is 0 Å². The molecule has 5 N–H and O–H groups in total. The van der Waals surface area contributed by atoms with Gasteiger partial charge >= 0.3 is 5.97 Å². The summed E-state index contributed by atoms with van der Waals surface area (Å²) < 4.78 is 0. The third kappa shape index (κ3) is 2.96. The van der Waals surface area contributed by atoms with Gasteiger partial charge in [0.05, 0.1) is 30.3 Å². The molecule has 0 saturated heterocycles. The van der Waals surface area contributed by atoms with E-state index >= 15 is 0 Å². The Hall–Kier alpha value is -0.950. The highest BCUT2D eigenvalue weighted by Crippen LogP contribution is 2.75. The Morgan fingerprint density at radius 1 is 0.917 bits per heavy atom. The quantitative estimate of drug-likeness (QED) is 0.361. The molecule has 0 radical (unpaired) electrons. The normalized spacial score (nSPS) is 55.9. The van der Waals surface area contributed by atoms with E-state index in [1.165, 1.54) is 0 Å². The Bertz CT molecular complexity index is 974. The molecule has 6 nitrogen and oxygen atoms in total. The van der Waals surface area contributed by atoms with Crippen molar-refractivity contribution >= 4 is 5.97 Å². The second kappa shape index (κ2) is 7.80. The van der Waals surface area contributed by atoms with Crippen LogP contribution >= 0.6 is 0 Å². The van der Waals surface area contributed by atoms with E-state index in [2.05, 4.69) is 40.7 Å². The van der Waals surface area contributed by atoms with Crippen LogP contribution in [0.2, 0.25) is 0 Å². The van der Waals surface area contributed by atoms with Crippen LogP contribution in [0.5, 0.6) is 0 Å². The molecule has 0 aromatic rings. The van der Waals surface area contributed by atoms with Gasteiger partial charge in [-0.1, -0.05) is 53.2 Å². The number of rotatable bonds is 2. The lowest BCUT2D eigenvalue weighted by Gasteiger charge is -2.71. The van der Waals surface area contributed by atoms with Gasteiger partial charge in [0.2, 0.25) is 0 Å². The molecule has 204 valence electrons. The number of fused-ring (bicyclic) bond motifs is 7. The number of hydrogen-bond acceptors (Lipinski definition) is 5. The van der Waals surface area contributed by atoms with E-state index in [0.717, 1.165) is 31.3 Å². The molecule has 6 heteroatoms. The molecule has 0 aliphatic heterocycles. The molecule has 11 atom stereocenters. The van der Waals surface area contributed by atoms with E-state index in [0.29, 0.717) is 25.7 Å². The molecule has 5 aliphatic rings. The summed E-state index contributed by atoms with van der Waals surface area (Å²) in [6, 6.07) is 0. The maximum Gasteiger partial charge on any atom is 0.310 e. The first-order valence-corrected chi connectivity index (χ1v) is 14.1. The van der Waals surface area contributed by atoms with Crippen molar-refractivity contribution in [3.8, 4) is 0 Å². The summed E-state index contributed by atoms with van der Waals surface area (Å²) in [6.45, 7) is 12.9. The summed E-state index contributed by atoms with van der Waals surface area (Å²) in [4.78, 5) is 12.8. The van der Waals surface area contributed by atoms with Crippen LogP contribution in [0.4, 0.5) is 0 Å². The third-order valence-electron chi connectivity index (χ3n) is 13.4. The first kappa shape index (κ1) is 26.6. The van der Waals surface area contributed by atoms with Gasteiger partial charge in [-0.05, 0) is 84.9 Å². The summed E-state index contributed by atoms with van der Waals surface area (Å²) in [6.07, 6.45) is 5.48. The van der Waals surface area contributed by atoms with Crippen LogP contribution < -0.4 is 0 Å². The predicted octanol–water partition coefficient (Wildman–Crippen LogP) is 4.15. The van der Waals surface area contributed by atoms with Gasteiger partial charge in [-0.3, -0.25) is 4.79 Å². The van der Waals surface area contributed by atoms with Gasteiger partial charge in [0.1, 0.15) is 0 Å². The van der Waals surface area contributed by atoms with Crippen molar-refractivity contribution in [3.63, 3.8) is 0 Å². The van der Waals surface area contributed by atoms with Crippen LogP contribution in [-0.4, -0.2) is 56.4 Å². The second-order valence-corrected chi connectivity index (χ2v) is 15.0. The topological polar surface area (TPSA) is 118 Å². The minimum atomic E-state index is -0.944. The summed E-state index contributed by atoms with van der Waals surface area (Å²) >= 11 is 0. The van der Waals surface area contributed by atoms with Crippen LogP contribution in [-0.2, 0) is 4.79 Å². The number of aliphatic carboxylic acids is 1. The zero-order valence-corrected chi connectivity index (χ0v) is 23.0. The Morgan fingerprint density at radius 2 is 1.56 bits per heavy atom. The number of carboxylic acids is 1. The summed E-state index contributed by atoms with van der Waals surface area (Å²) in [5, 5.41) is 54.5.